The summed E-state index contributed by atoms with van der Waals surface area (Å²) >= 11 is 0. The molecule has 0 radical (unpaired) electrons. The van der Waals surface area contributed by atoms with E-state index >= 15 is 0 Å². The van der Waals surface area contributed by atoms with Crippen LogP contribution in [0.1, 0.15) is 66.2 Å². The molecule has 0 aromatic heterocycles. The Kier molecular flexibility index (Phi) is 9.19. The topological polar surface area (TPSA) is 95.5 Å². The largest absolute Gasteiger partial charge is 0.481 e. The molecule has 0 aliphatic carbocycles. The van der Waals surface area contributed by atoms with E-state index in [0.717, 1.165) is 25.7 Å². The Morgan fingerprint density at radius 2 is 1.50 bits per heavy atom. The molecule has 0 saturated heterocycles. The average molecular weight is 334 g/mol. The van der Waals surface area contributed by atoms with Gasteiger partial charge in [-0.2, -0.15) is 0 Å². The fourth-order valence-electron chi connectivity index (χ4n) is 2.20. The molecule has 1 aromatic carbocycles. The molecule has 2 amide bonds. The van der Waals surface area contributed by atoms with Crippen LogP contribution in [0, 0.1) is 0 Å². The Balaban J connectivity index is 2.34. The predicted octanol–water partition coefficient (Wildman–Crippen LogP) is 2.59. The zero-order valence-corrected chi connectivity index (χ0v) is 14.1. The number of rotatable bonds is 11. The van der Waals surface area contributed by atoms with Crippen molar-refractivity contribution in [3.63, 3.8) is 0 Å². The highest BCUT2D eigenvalue weighted by atomic mass is 16.4. The molecule has 0 heterocycles. The standard InChI is InChI=1S/C18H26N2O4/c1-2-11-19-17(23)14-8-7-9-15(13-14)18(24)20-12-6-4-3-5-10-16(21)22/h7-9,13H,2-6,10-12H2,1H3,(H,19,23)(H,20,24)(H,21,22). The maximum atomic E-state index is 12.1. The summed E-state index contributed by atoms with van der Waals surface area (Å²) in [7, 11) is 0. The first-order valence-corrected chi connectivity index (χ1v) is 8.43. The van der Waals surface area contributed by atoms with Crippen LogP contribution in [0.15, 0.2) is 24.3 Å². The highest BCUT2D eigenvalue weighted by Crippen LogP contribution is 2.06. The number of nitrogens with one attached hydrogen (secondary N) is 2. The number of hydrogen-bond acceptors (Lipinski definition) is 3. The van der Waals surface area contributed by atoms with Crippen LogP contribution >= 0.6 is 0 Å². The highest BCUT2D eigenvalue weighted by molar-refractivity contribution is 5.99. The zero-order valence-electron chi connectivity index (χ0n) is 14.1. The first-order chi connectivity index (χ1) is 11.5. The summed E-state index contributed by atoms with van der Waals surface area (Å²) in [5.74, 6) is -1.15. The van der Waals surface area contributed by atoms with Crippen molar-refractivity contribution < 1.29 is 19.5 Å². The van der Waals surface area contributed by atoms with Crippen molar-refractivity contribution in [1.82, 2.24) is 10.6 Å². The SMILES string of the molecule is CCCNC(=O)c1cccc(C(=O)NCCCCCCC(=O)O)c1. The number of carboxylic acid groups (broad SMARTS) is 1. The molecular weight excluding hydrogens is 308 g/mol. The van der Waals surface area contributed by atoms with E-state index in [1.54, 1.807) is 24.3 Å². The van der Waals surface area contributed by atoms with Gasteiger partial charge in [0.25, 0.3) is 11.8 Å². The van der Waals surface area contributed by atoms with Crippen molar-refractivity contribution in [2.45, 2.75) is 45.4 Å². The molecule has 0 unspecified atom stereocenters. The lowest BCUT2D eigenvalue weighted by molar-refractivity contribution is -0.137. The van der Waals surface area contributed by atoms with Gasteiger partial charge in [0.1, 0.15) is 0 Å². The van der Waals surface area contributed by atoms with Gasteiger partial charge in [0.05, 0.1) is 0 Å². The Bertz CT molecular complexity index is 558. The van der Waals surface area contributed by atoms with Crippen molar-refractivity contribution in [1.29, 1.82) is 0 Å². The second-order valence-corrected chi connectivity index (χ2v) is 5.65. The molecule has 0 spiro atoms. The molecule has 24 heavy (non-hydrogen) atoms. The molecule has 6 heteroatoms. The van der Waals surface area contributed by atoms with Gasteiger partial charge in [-0.3, -0.25) is 14.4 Å². The van der Waals surface area contributed by atoms with Gasteiger partial charge in [-0.1, -0.05) is 25.8 Å². The van der Waals surface area contributed by atoms with E-state index in [9.17, 15) is 14.4 Å². The Morgan fingerprint density at radius 3 is 2.08 bits per heavy atom. The maximum Gasteiger partial charge on any atom is 0.303 e. The van der Waals surface area contributed by atoms with Crippen LogP contribution < -0.4 is 10.6 Å². The van der Waals surface area contributed by atoms with Gasteiger partial charge >= 0.3 is 5.97 Å². The van der Waals surface area contributed by atoms with Crippen molar-refractivity contribution in [2.75, 3.05) is 13.1 Å². The second kappa shape index (κ2) is 11.2. The number of carbonyl (C=O) groups is 3. The van der Waals surface area contributed by atoms with Crippen LogP contribution in [0.4, 0.5) is 0 Å². The molecule has 0 atom stereocenters. The summed E-state index contributed by atoms with van der Waals surface area (Å²) in [4.78, 5) is 34.4. The number of benzene rings is 1. The fraction of sp³-hybridized carbons (Fsp3) is 0.500. The van der Waals surface area contributed by atoms with Gasteiger partial charge in [-0.25, -0.2) is 0 Å². The number of carboxylic acids is 1. The van der Waals surface area contributed by atoms with Gasteiger partial charge in [-0.15, -0.1) is 0 Å². The lowest BCUT2D eigenvalue weighted by atomic mass is 10.1. The Morgan fingerprint density at radius 1 is 0.917 bits per heavy atom. The monoisotopic (exact) mass is 334 g/mol. The summed E-state index contributed by atoms with van der Waals surface area (Å²) in [6, 6.07) is 6.65. The first kappa shape index (κ1) is 19.7. The fourth-order valence-corrected chi connectivity index (χ4v) is 2.20. The molecule has 3 N–H and O–H groups in total. The molecule has 0 fully saturated rings. The lowest BCUT2D eigenvalue weighted by Crippen LogP contribution is -2.26. The minimum Gasteiger partial charge on any atom is -0.481 e. The van der Waals surface area contributed by atoms with E-state index in [-0.39, 0.29) is 18.2 Å². The zero-order chi connectivity index (χ0) is 17.8. The molecule has 1 aromatic rings. The summed E-state index contributed by atoms with van der Waals surface area (Å²) in [5.41, 5.74) is 0.940. The molecule has 1 rings (SSSR count). The first-order valence-electron chi connectivity index (χ1n) is 8.43. The van der Waals surface area contributed by atoms with E-state index in [1.165, 1.54) is 0 Å². The summed E-state index contributed by atoms with van der Waals surface area (Å²) in [6.45, 7) is 3.13. The third kappa shape index (κ3) is 7.76. The summed E-state index contributed by atoms with van der Waals surface area (Å²) in [5, 5.41) is 14.1. The van der Waals surface area contributed by atoms with Gasteiger partial charge < -0.3 is 15.7 Å². The number of carbonyl (C=O) groups excluding carboxylic acids is 2. The van der Waals surface area contributed by atoms with Crippen molar-refractivity contribution >= 4 is 17.8 Å². The van der Waals surface area contributed by atoms with Gasteiger partial charge in [0.15, 0.2) is 0 Å². The number of unbranched alkanes of at least 4 members (excludes halogenated alkanes) is 3. The number of hydrogen-bond donors (Lipinski definition) is 3. The van der Waals surface area contributed by atoms with E-state index < -0.39 is 5.97 Å². The molecular formula is C18H26N2O4. The van der Waals surface area contributed by atoms with E-state index in [2.05, 4.69) is 10.6 Å². The van der Waals surface area contributed by atoms with E-state index in [1.807, 2.05) is 6.92 Å². The number of amides is 2. The smallest absolute Gasteiger partial charge is 0.303 e. The Labute approximate surface area is 142 Å². The van der Waals surface area contributed by atoms with Crippen molar-refractivity contribution in [3.8, 4) is 0 Å². The van der Waals surface area contributed by atoms with Crippen LogP contribution in [0.3, 0.4) is 0 Å². The minimum atomic E-state index is -0.772. The van der Waals surface area contributed by atoms with Crippen LogP contribution in [0.2, 0.25) is 0 Å². The van der Waals surface area contributed by atoms with Gasteiger partial charge in [0.2, 0.25) is 0 Å². The summed E-state index contributed by atoms with van der Waals surface area (Å²) < 4.78 is 0. The molecule has 6 nitrogen and oxygen atoms in total. The van der Waals surface area contributed by atoms with Crippen LogP contribution in [0.5, 0.6) is 0 Å². The average Bonchev–Trinajstić information content (AvgIpc) is 2.58. The third-order valence-electron chi connectivity index (χ3n) is 3.53. The normalized spacial score (nSPS) is 10.2. The summed E-state index contributed by atoms with van der Waals surface area (Å²) in [6.07, 6.45) is 4.25. The van der Waals surface area contributed by atoms with E-state index in [4.69, 9.17) is 5.11 Å². The number of aliphatic carboxylic acids is 1. The molecule has 0 aliphatic heterocycles. The highest BCUT2D eigenvalue weighted by Gasteiger charge is 2.09. The molecule has 0 saturated carbocycles. The maximum absolute atomic E-state index is 12.1. The Hall–Kier alpha value is -2.37. The van der Waals surface area contributed by atoms with Crippen LogP contribution in [0.25, 0.3) is 0 Å². The van der Waals surface area contributed by atoms with Crippen molar-refractivity contribution in [2.24, 2.45) is 0 Å². The van der Waals surface area contributed by atoms with Gasteiger partial charge in [0, 0.05) is 30.6 Å². The van der Waals surface area contributed by atoms with Gasteiger partial charge in [-0.05, 0) is 37.5 Å². The quantitative estimate of drug-likeness (QED) is 0.542. The lowest BCUT2D eigenvalue weighted by Gasteiger charge is -2.07. The minimum absolute atomic E-state index is 0.176. The predicted molar refractivity (Wildman–Crippen MR) is 92.1 cm³/mol. The molecule has 0 aliphatic rings. The third-order valence-corrected chi connectivity index (χ3v) is 3.53. The van der Waals surface area contributed by atoms with E-state index in [0.29, 0.717) is 30.6 Å². The van der Waals surface area contributed by atoms with Crippen molar-refractivity contribution in [3.05, 3.63) is 35.4 Å². The second-order valence-electron chi connectivity index (χ2n) is 5.65. The van der Waals surface area contributed by atoms with Crippen LogP contribution in [-0.4, -0.2) is 36.0 Å². The molecule has 132 valence electrons. The molecule has 0 bridgehead atoms. The van der Waals surface area contributed by atoms with Crippen LogP contribution in [-0.2, 0) is 4.79 Å².